The van der Waals surface area contributed by atoms with Gasteiger partial charge in [0.1, 0.15) is 6.04 Å². The summed E-state index contributed by atoms with van der Waals surface area (Å²) in [6.07, 6.45) is 2.40. The lowest BCUT2D eigenvalue weighted by molar-refractivity contribution is -0.144. The third kappa shape index (κ3) is 2.67. The van der Waals surface area contributed by atoms with Crippen LogP contribution in [0, 0.1) is 5.92 Å². The van der Waals surface area contributed by atoms with Gasteiger partial charge in [0.05, 0.1) is 6.67 Å². The molecule has 0 bridgehead atoms. The van der Waals surface area contributed by atoms with Crippen molar-refractivity contribution in [1.29, 1.82) is 0 Å². The maximum atomic E-state index is 12.4. The first-order chi connectivity index (χ1) is 6.69. The van der Waals surface area contributed by atoms with Gasteiger partial charge in [0.15, 0.2) is 0 Å². The molecule has 0 saturated carbocycles. The fourth-order valence-corrected chi connectivity index (χ4v) is 2.10. The monoisotopic (exact) mass is 203 g/mol. The molecule has 1 fully saturated rings. The number of hydrogen-bond donors (Lipinski definition) is 1. The van der Waals surface area contributed by atoms with Crippen LogP contribution in [0.2, 0.25) is 0 Å². The van der Waals surface area contributed by atoms with Crippen molar-refractivity contribution >= 4 is 5.97 Å². The molecule has 1 aliphatic rings. The Morgan fingerprint density at radius 1 is 1.71 bits per heavy atom. The number of likely N-dealkylation sites (tertiary alicyclic amines) is 1. The normalized spacial score (nSPS) is 26.0. The maximum Gasteiger partial charge on any atom is 0.320 e. The average molecular weight is 203 g/mol. The second-order valence-electron chi connectivity index (χ2n) is 3.92. The number of carbonyl (C=O) groups is 1. The van der Waals surface area contributed by atoms with E-state index in [-0.39, 0.29) is 12.6 Å². The summed E-state index contributed by atoms with van der Waals surface area (Å²) in [6.45, 7) is 2.92. The maximum absolute atomic E-state index is 12.4. The number of alkyl halides is 1. The van der Waals surface area contributed by atoms with Crippen molar-refractivity contribution in [3.63, 3.8) is 0 Å². The minimum atomic E-state index is -0.785. The highest BCUT2D eigenvalue weighted by Crippen LogP contribution is 2.20. The third-order valence-electron chi connectivity index (χ3n) is 2.88. The lowest BCUT2D eigenvalue weighted by Gasteiger charge is -2.35. The summed E-state index contributed by atoms with van der Waals surface area (Å²) in [5.74, 6) is -0.746. The van der Waals surface area contributed by atoms with Gasteiger partial charge < -0.3 is 5.11 Å². The smallest absolute Gasteiger partial charge is 0.320 e. The molecule has 2 unspecified atom stereocenters. The minimum absolute atomic E-state index is 0.0390. The topological polar surface area (TPSA) is 40.5 Å². The average Bonchev–Trinajstić information content (AvgIpc) is 2.19. The molecule has 14 heavy (non-hydrogen) atoms. The second kappa shape index (κ2) is 5.29. The Labute approximate surface area is 83.9 Å². The van der Waals surface area contributed by atoms with Crippen LogP contribution in [0.1, 0.15) is 26.2 Å². The fourth-order valence-electron chi connectivity index (χ4n) is 2.10. The molecule has 3 nitrogen and oxygen atoms in total. The lowest BCUT2D eigenvalue weighted by atomic mass is 9.97. The van der Waals surface area contributed by atoms with E-state index in [9.17, 15) is 9.18 Å². The summed E-state index contributed by atoms with van der Waals surface area (Å²) in [6, 6.07) is -0.427. The standard InChI is InChI=1S/C10H18FNO2/c1-2-9(10(13)14)12-5-3-4-8(6-11)7-12/h8-9H,2-7H2,1H3,(H,13,14). The van der Waals surface area contributed by atoms with Crippen LogP contribution in [0.3, 0.4) is 0 Å². The number of carboxylic acid groups (broad SMARTS) is 1. The summed E-state index contributed by atoms with van der Waals surface area (Å²) >= 11 is 0. The summed E-state index contributed by atoms with van der Waals surface area (Å²) in [4.78, 5) is 12.8. The molecule has 4 heteroatoms. The largest absolute Gasteiger partial charge is 0.480 e. The van der Waals surface area contributed by atoms with Gasteiger partial charge in [0, 0.05) is 12.5 Å². The van der Waals surface area contributed by atoms with Crippen LogP contribution in [0.15, 0.2) is 0 Å². The number of halogens is 1. The third-order valence-corrected chi connectivity index (χ3v) is 2.88. The fraction of sp³-hybridized carbons (Fsp3) is 0.900. The van der Waals surface area contributed by atoms with Gasteiger partial charge in [0.2, 0.25) is 0 Å². The molecule has 0 aromatic rings. The Hall–Kier alpha value is -0.640. The highest BCUT2D eigenvalue weighted by molar-refractivity contribution is 5.73. The number of hydrogen-bond acceptors (Lipinski definition) is 2. The van der Waals surface area contributed by atoms with Crippen LogP contribution in [-0.2, 0) is 4.79 Å². The molecule has 0 aromatic carbocycles. The van der Waals surface area contributed by atoms with E-state index in [1.807, 2.05) is 11.8 Å². The summed E-state index contributed by atoms with van der Waals surface area (Å²) in [7, 11) is 0. The van der Waals surface area contributed by atoms with Crippen LogP contribution in [0.5, 0.6) is 0 Å². The zero-order valence-electron chi connectivity index (χ0n) is 8.58. The molecule has 1 aliphatic heterocycles. The summed E-state index contributed by atoms with van der Waals surface area (Å²) in [5, 5.41) is 8.95. The minimum Gasteiger partial charge on any atom is -0.480 e. The highest BCUT2D eigenvalue weighted by atomic mass is 19.1. The number of carboxylic acids is 1. The van der Waals surface area contributed by atoms with Crippen molar-refractivity contribution in [3.8, 4) is 0 Å². The molecule has 0 radical (unpaired) electrons. The number of nitrogens with zero attached hydrogens (tertiary/aromatic N) is 1. The number of piperidine rings is 1. The van der Waals surface area contributed by atoms with E-state index in [1.165, 1.54) is 0 Å². The zero-order chi connectivity index (χ0) is 10.6. The molecule has 2 atom stereocenters. The van der Waals surface area contributed by atoms with Gasteiger partial charge in [0.25, 0.3) is 0 Å². The molecule has 0 aromatic heterocycles. The highest BCUT2D eigenvalue weighted by Gasteiger charge is 2.28. The molecular formula is C10H18FNO2. The van der Waals surface area contributed by atoms with Crippen molar-refractivity contribution < 1.29 is 14.3 Å². The predicted octanol–water partition coefficient (Wildman–Crippen LogP) is 1.53. The van der Waals surface area contributed by atoms with Gasteiger partial charge in [-0.05, 0) is 25.8 Å². The van der Waals surface area contributed by atoms with Crippen molar-refractivity contribution in [1.82, 2.24) is 4.90 Å². The number of aliphatic carboxylic acids is 1. The van der Waals surface area contributed by atoms with Gasteiger partial charge in [-0.15, -0.1) is 0 Å². The van der Waals surface area contributed by atoms with Crippen LogP contribution >= 0.6 is 0 Å². The Bertz CT molecular complexity index is 199. The van der Waals surface area contributed by atoms with E-state index >= 15 is 0 Å². The van der Waals surface area contributed by atoms with Gasteiger partial charge in [-0.1, -0.05) is 6.92 Å². The molecule has 1 N–H and O–H groups in total. The Morgan fingerprint density at radius 2 is 2.43 bits per heavy atom. The number of rotatable bonds is 4. The van der Waals surface area contributed by atoms with Crippen molar-refractivity contribution in [2.45, 2.75) is 32.2 Å². The first-order valence-electron chi connectivity index (χ1n) is 5.21. The molecule has 82 valence electrons. The first kappa shape index (κ1) is 11.4. The molecule has 0 aliphatic carbocycles. The lowest BCUT2D eigenvalue weighted by Crippen LogP contribution is -2.46. The van der Waals surface area contributed by atoms with E-state index in [4.69, 9.17) is 5.11 Å². The zero-order valence-corrected chi connectivity index (χ0v) is 8.58. The SMILES string of the molecule is CCC(C(=O)O)N1CCCC(CF)C1. The van der Waals surface area contributed by atoms with Crippen LogP contribution in [-0.4, -0.2) is 41.8 Å². The van der Waals surface area contributed by atoms with Gasteiger partial charge in [-0.3, -0.25) is 14.1 Å². The quantitative estimate of drug-likeness (QED) is 0.753. The summed E-state index contributed by atoms with van der Waals surface area (Å²) in [5.41, 5.74) is 0. The Morgan fingerprint density at radius 3 is 2.93 bits per heavy atom. The van der Waals surface area contributed by atoms with Crippen LogP contribution < -0.4 is 0 Å². The van der Waals surface area contributed by atoms with E-state index in [1.54, 1.807) is 0 Å². The Kier molecular flexibility index (Phi) is 4.32. The van der Waals surface area contributed by atoms with E-state index in [2.05, 4.69) is 0 Å². The van der Waals surface area contributed by atoms with Crippen molar-refractivity contribution in [3.05, 3.63) is 0 Å². The van der Waals surface area contributed by atoms with Crippen LogP contribution in [0.25, 0.3) is 0 Å². The van der Waals surface area contributed by atoms with Gasteiger partial charge in [-0.25, -0.2) is 0 Å². The van der Waals surface area contributed by atoms with E-state index in [0.717, 1.165) is 19.4 Å². The molecule has 1 saturated heterocycles. The molecule has 0 spiro atoms. The first-order valence-corrected chi connectivity index (χ1v) is 5.21. The van der Waals surface area contributed by atoms with Crippen molar-refractivity contribution in [2.75, 3.05) is 19.8 Å². The van der Waals surface area contributed by atoms with Crippen molar-refractivity contribution in [2.24, 2.45) is 5.92 Å². The Balaban J connectivity index is 2.53. The predicted molar refractivity (Wildman–Crippen MR) is 52.0 cm³/mol. The van der Waals surface area contributed by atoms with E-state index in [0.29, 0.717) is 13.0 Å². The molecule has 1 heterocycles. The van der Waals surface area contributed by atoms with Gasteiger partial charge in [-0.2, -0.15) is 0 Å². The molecule has 0 amide bonds. The van der Waals surface area contributed by atoms with Gasteiger partial charge >= 0.3 is 5.97 Å². The molecular weight excluding hydrogens is 185 g/mol. The van der Waals surface area contributed by atoms with Crippen LogP contribution in [0.4, 0.5) is 4.39 Å². The summed E-state index contributed by atoms with van der Waals surface area (Å²) < 4.78 is 12.4. The van der Waals surface area contributed by atoms with E-state index < -0.39 is 12.0 Å². The second-order valence-corrected chi connectivity index (χ2v) is 3.92. The molecule has 1 rings (SSSR count).